The van der Waals surface area contributed by atoms with Gasteiger partial charge in [0, 0.05) is 21.2 Å². The Morgan fingerprint density at radius 3 is 2.35 bits per heavy atom. The third-order valence-corrected chi connectivity index (χ3v) is 5.67. The molecule has 0 atom stereocenters. The Kier molecular flexibility index (Phi) is 7.88. The van der Waals surface area contributed by atoms with Gasteiger partial charge in [-0.3, -0.25) is 0 Å². The molecule has 1 aliphatic heterocycles. The molecule has 1 heterocycles. The van der Waals surface area contributed by atoms with Crippen LogP contribution in [0.25, 0.3) is 6.08 Å². The molecule has 0 saturated heterocycles. The van der Waals surface area contributed by atoms with Crippen molar-refractivity contribution in [3.05, 3.63) is 99.2 Å². The van der Waals surface area contributed by atoms with Crippen LogP contribution in [-0.2, 0) is 16.1 Å². The number of ether oxygens (including phenoxy) is 3. The first kappa shape index (κ1) is 23.9. The van der Waals surface area contributed by atoms with Crippen LogP contribution in [0.4, 0.5) is 0 Å². The SMILES string of the molecule is CCCCOc1ccc(C2=N/C(=C/c3ccc(OCc4ccc(Cl)cc4Cl)cc3)C(=O)O2)cc1. The number of hydrogen-bond acceptors (Lipinski definition) is 5. The second kappa shape index (κ2) is 11.2. The van der Waals surface area contributed by atoms with E-state index in [0.717, 1.165) is 29.7 Å². The lowest BCUT2D eigenvalue weighted by Gasteiger charge is -2.08. The highest BCUT2D eigenvalue weighted by molar-refractivity contribution is 6.35. The number of esters is 1. The van der Waals surface area contributed by atoms with E-state index in [1.807, 2.05) is 54.6 Å². The second-order valence-electron chi connectivity index (χ2n) is 7.66. The largest absolute Gasteiger partial charge is 0.494 e. The van der Waals surface area contributed by atoms with Crippen LogP contribution < -0.4 is 9.47 Å². The van der Waals surface area contributed by atoms with E-state index in [0.29, 0.717) is 34.6 Å². The van der Waals surface area contributed by atoms with Crippen molar-refractivity contribution in [1.82, 2.24) is 0 Å². The Bertz CT molecular complexity index is 1220. The van der Waals surface area contributed by atoms with Gasteiger partial charge in [-0.25, -0.2) is 9.79 Å². The van der Waals surface area contributed by atoms with Gasteiger partial charge in [0.05, 0.1) is 6.61 Å². The minimum Gasteiger partial charge on any atom is -0.494 e. The van der Waals surface area contributed by atoms with E-state index in [4.69, 9.17) is 37.4 Å². The first-order chi connectivity index (χ1) is 16.5. The molecule has 0 N–H and O–H groups in total. The minimum atomic E-state index is -0.490. The maximum Gasteiger partial charge on any atom is 0.363 e. The number of unbranched alkanes of at least 4 members (excludes halogenated alkanes) is 1. The average Bonchev–Trinajstić information content (AvgIpc) is 3.20. The summed E-state index contributed by atoms with van der Waals surface area (Å²) >= 11 is 12.1. The lowest BCUT2D eigenvalue weighted by molar-refractivity contribution is -0.129. The van der Waals surface area contributed by atoms with E-state index in [-0.39, 0.29) is 11.6 Å². The number of hydrogen-bond donors (Lipinski definition) is 0. The summed E-state index contributed by atoms with van der Waals surface area (Å²) in [4.78, 5) is 16.7. The molecule has 0 bridgehead atoms. The van der Waals surface area contributed by atoms with Crippen molar-refractivity contribution in [2.45, 2.75) is 26.4 Å². The fraction of sp³-hybridized carbons (Fsp3) is 0.185. The molecule has 0 amide bonds. The van der Waals surface area contributed by atoms with Crippen LogP contribution in [0.3, 0.4) is 0 Å². The first-order valence-corrected chi connectivity index (χ1v) is 11.7. The predicted molar refractivity (Wildman–Crippen MR) is 135 cm³/mol. The summed E-state index contributed by atoms with van der Waals surface area (Å²) in [7, 11) is 0. The Balaban J connectivity index is 1.39. The Morgan fingerprint density at radius 2 is 1.65 bits per heavy atom. The predicted octanol–water partition coefficient (Wildman–Crippen LogP) is 7.10. The summed E-state index contributed by atoms with van der Waals surface area (Å²) in [6.07, 6.45) is 3.76. The minimum absolute atomic E-state index is 0.236. The molecule has 3 aromatic rings. The molecule has 0 radical (unpaired) electrons. The molecule has 0 aliphatic carbocycles. The van der Waals surface area contributed by atoms with Gasteiger partial charge in [0.1, 0.15) is 18.1 Å². The van der Waals surface area contributed by atoms with Crippen LogP contribution in [-0.4, -0.2) is 18.5 Å². The van der Waals surface area contributed by atoms with Crippen molar-refractivity contribution in [2.24, 2.45) is 4.99 Å². The number of carbonyl (C=O) groups is 1. The third kappa shape index (κ3) is 6.19. The number of aliphatic imine (C=N–C) groups is 1. The van der Waals surface area contributed by atoms with Crippen LogP contribution in [0.2, 0.25) is 10.0 Å². The van der Waals surface area contributed by atoms with Crippen molar-refractivity contribution in [3.8, 4) is 11.5 Å². The molecule has 0 saturated carbocycles. The van der Waals surface area contributed by atoms with Crippen molar-refractivity contribution in [2.75, 3.05) is 6.61 Å². The van der Waals surface area contributed by atoms with Crippen molar-refractivity contribution >= 4 is 41.1 Å². The summed E-state index contributed by atoms with van der Waals surface area (Å²) < 4.78 is 16.8. The molecule has 1 aliphatic rings. The van der Waals surface area contributed by atoms with Gasteiger partial charge in [0.25, 0.3) is 0 Å². The molecule has 5 nitrogen and oxygen atoms in total. The lowest BCUT2D eigenvalue weighted by atomic mass is 10.2. The van der Waals surface area contributed by atoms with Gasteiger partial charge in [-0.2, -0.15) is 0 Å². The molecule has 4 rings (SSSR count). The third-order valence-electron chi connectivity index (χ3n) is 5.08. The van der Waals surface area contributed by atoms with Crippen LogP contribution >= 0.6 is 23.2 Å². The summed E-state index contributed by atoms with van der Waals surface area (Å²) in [5, 5.41) is 1.14. The molecule has 0 spiro atoms. The normalized spacial score (nSPS) is 14.1. The highest BCUT2D eigenvalue weighted by Crippen LogP contribution is 2.24. The Morgan fingerprint density at radius 1 is 0.941 bits per heavy atom. The molecule has 3 aromatic carbocycles. The topological polar surface area (TPSA) is 57.1 Å². The number of benzene rings is 3. The molecular formula is C27H23Cl2NO4. The molecule has 0 fully saturated rings. The zero-order chi connectivity index (χ0) is 23.9. The molecular weight excluding hydrogens is 473 g/mol. The van der Waals surface area contributed by atoms with Crippen molar-refractivity contribution in [3.63, 3.8) is 0 Å². The van der Waals surface area contributed by atoms with Gasteiger partial charge >= 0.3 is 5.97 Å². The van der Waals surface area contributed by atoms with E-state index in [2.05, 4.69) is 11.9 Å². The average molecular weight is 496 g/mol. The Hall–Kier alpha value is -3.28. The van der Waals surface area contributed by atoms with Gasteiger partial charge in [0.2, 0.25) is 5.90 Å². The molecule has 174 valence electrons. The lowest BCUT2D eigenvalue weighted by Crippen LogP contribution is -2.05. The monoisotopic (exact) mass is 495 g/mol. The van der Waals surface area contributed by atoms with Crippen molar-refractivity contribution < 1.29 is 19.0 Å². The number of cyclic esters (lactones) is 1. The summed E-state index contributed by atoms with van der Waals surface area (Å²) in [6.45, 7) is 3.11. The molecule has 34 heavy (non-hydrogen) atoms. The molecule has 0 aromatic heterocycles. The van der Waals surface area contributed by atoms with Gasteiger partial charge in [0.15, 0.2) is 5.70 Å². The summed E-state index contributed by atoms with van der Waals surface area (Å²) in [6, 6.07) is 20.0. The highest BCUT2D eigenvalue weighted by atomic mass is 35.5. The van der Waals surface area contributed by atoms with E-state index in [1.54, 1.807) is 18.2 Å². The van der Waals surface area contributed by atoms with Gasteiger partial charge in [-0.1, -0.05) is 54.7 Å². The fourth-order valence-electron chi connectivity index (χ4n) is 3.18. The van der Waals surface area contributed by atoms with E-state index >= 15 is 0 Å². The van der Waals surface area contributed by atoms with Crippen LogP contribution in [0.15, 0.2) is 77.4 Å². The smallest absolute Gasteiger partial charge is 0.363 e. The van der Waals surface area contributed by atoms with Gasteiger partial charge < -0.3 is 14.2 Å². The standard InChI is InChI=1S/C27H23Cl2NO4/c1-2-3-14-32-22-12-7-19(8-13-22)26-30-25(27(31)34-26)15-18-4-10-23(11-5-18)33-17-20-6-9-21(28)16-24(20)29/h4-13,15-16H,2-3,14,17H2,1H3/b25-15+. The van der Waals surface area contributed by atoms with Gasteiger partial charge in [-0.15, -0.1) is 0 Å². The fourth-order valence-corrected chi connectivity index (χ4v) is 3.64. The van der Waals surface area contributed by atoms with Gasteiger partial charge in [-0.05, 0) is 66.6 Å². The maximum atomic E-state index is 12.3. The zero-order valence-corrected chi connectivity index (χ0v) is 20.1. The summed E-state index contributed by atoms with van der Waals surface area (Å²) in [5.74, 6) is 1.23. The second-order valence-corrected chi connectivity index (χ2v) is 8.50. The molecule has 0 unspecified atom stereocenters. The first-order valence-electron chi connectivity index (χ1n) is 10.9. The van der Waals surface area contributed by atoms with E-state index in [1.165, 1.54) is 0 Å². The zero-order valence-electron chi connectivity index (χ0n) is 18.6. The van der Waals surface area contributed by atoms with Crippen LogP contribution in [0.5, 0.6) is 11.5 Å². The molecule has 7 heteroatoms. The number of halogens is 2. The van der Waals surface area contributed by atoms with E-state index in [9.17, 15) is 4.79 Å². The van der Waals surface area contributed by atoms with Crippen LogP contribution in [0, 0.1) is 0 Å². The number of carbonyl (C=O) groups excluding carboxylic acids is 1. The Labute approximate surface area is 208 Å². The summed E-state index contributed by atoms with van der Waals surface area (Å²) in [5.41, 5.74) is 2.59. The maximum absolute atomic E-state index is 12.3. The highest BCUT2D eigenvalue weighted by Gasteiger charge is 2.24. The number of rotatable bonds is 9. The number of nitrogens with zero attached hydrogens (tertiary/aromatic N) is 1. The quantitative estimate of drug-likeness (QED) is 0.180. The van der Waals surface area contributed by atoms with Crippen LogP contribution in [0.1, 0.15) is 36.5 Å². The van der Waals surface area contributed by atoms with Crippen molar-refractivity contribution in [1.29, 1.82) is 0 Å². The van der Waals surface area contributed by atoms with E-state index < -0.39 is 5.97 Å².